The van der Waals surface area contributed by atoms with Crippen molar-refractivity contribution < 1.29 is 4.74 Å². The molecule has 0 N–H and O–H groups in total. The van der Waals surface area contributed by atoms with E-state index >= 15 is 0 Å². The van der Waals surface area contributed by atoms with Gasteiger partial charge < -0.3 is 9.64 Å². The molecule has 1 aliphatic rings. The Morgan fingerprint density at radius 1 is 1.19 bits per heavy atom. The number of nitrogens with zero attached hydrogens (tertiary/aromatic N) is 2. The molecule has 2 heterocycles. The molecule has 0 atom stereocenters. The SMILES string of the molecule is BrCCOC1CCN(c2nccc3c(Br)cccc23)CC1. The predicted molar refractivity (Wildman–Crippen MR) is 94.4 cm³/mol. The van der Waals surface area contributed by atoms with Crippen LogP contribution in [0.25, 0.3) is 10.8 Å². The Bertz CT molecular complexity index is 612. The van der Waals surface area contributed by atoms with Crippen LogP contribution < -0.4 is 4.90 Å². The van der Waals surface area contributed by atoms with Gasteiger partial charge in [0.15, 0.2) is 0 Å². The molecule has 1 saturated heterocycles. The maximum Gasteiger partial charge on any atom is 0.136 e. The van der Waals surface area contributed by atoms with Crippen molar-refractivity contribution in [3.8, 4) is 0 Å². The number of anilines is 1. The molecule has 0 aliphatic carbocycles. The summed E-state index contributed by atoms with van der Waals surface area (Å²) in [6.07, 6.45) is 4.43. The molecule has 0 unspecified atom stereocenters. The first-order valence-corrected chi connectivity index (χ1v) is 9.17. The first kappa shape index (κ1) is 15.3. The minimum atomic E-state index is 0.389. The molecule has 1 aromatic heterocycles. The Kier molecular flexibility index (Phi) is 5.14. The van der Waals surface area contributed by atoms with E-state index in [1.165, 1.54) is 10.8 Å². The topological polar surface area (TPSA) is 25.4 Å². The third-order valence-electron chi connectivity index (χ3n) is 3.90. The van der Waals surface area contributed by atoms with Crippen LogP contribution in [-0.2, 0) is 4.74 Å². The molecule has 0 bridgehead atoms. The Balaban J connectivity index is 1.78. The summed E-state index contributed by atoms with van der Waals surface area (Å²) in [6.45, 7) is 2.81. The van der Waals surface area contributed by atoms with Gasteiger partial charge in [-0.05, 0) is 25.0 Å². The highest BCUT2D eigenvalue weighted by Gasteiger charge is 2.21. The molecule has 21 heavy (non-hydrogen) atoms. The summed E-state index contributed by atoms with van der Waals surface area (Å²) in [5.74, 6) is 1.09. The van der Waals surface area contributed by atoms with E-state index in [-0.39, 0.29) is 0 Å². The molecule has 0 spiro atoms. The van der Waals surface area contributed by atoms with E-state index in [1.54, 1.807) is 0 Å². The van der Waals surface area contributed by atoms with Crippen LogP contribution in [0.5, 0.6) is 0 Å². The lowest BCUT2D eigenvalue weighted by molar-refractivity contribution is 0.0480. The monoisotopic (exact) mass is 412 g/mol. The predicted octanol–water partition coefficient (Wildman–Crippen LogP) is 4.38. The highest BCUT2D eigenvalue weighted by Crippen LogP contribution is 2.31. The molecule has 1 aliphatic heterocycles. The summed E-state index contributed by atoms with van der Waals surface area (Å²) < 4.78 is 6.95. The third-order valence-corrected chi connectivity index (χ3v) is 4.92. The molecule has 3 rings (SSSR count). The van der Waals surface area contributed by atoms with E-state index in [9.17, 15) is 0 Å². The Morgan fingerprint density at radius 2 is 2.00 bits per heavy atom. The zero-order valence-corrected chi connectivity index (χ0v) is 14.9. The second kappa shape index (κ2) is 7.07. The van der Waals surface area contributed by atoms with Gasteiger partial charge in [-0.1, -0.05) is 44.0 Å². The molecule has 112 valence electrons. The number of aromatic nitrogens is 1. The Labute approximate surface area is 141 Å². The molecule has 3 nitrogen and oxygen atoms in total. The van der Waals surface area contributed by atoms with E-state index in [0.717, 1.165) is 48.2 Å². The zero-order valence-electron chi connectivity index (χ0n) is 11.8. The number of piperidine rings is 1. The fraction of sp³-hybridized carbons (Fsp3) is 0.438. The molecule has 0 saturated carbocycles. The molecule has 0 amide bonds. The number of hydrogen-bond donors (Lipinski definition) is 0. The largest absolute Gasteiger partial charge is 0.377 e. The van der Waals surface area contributed by atoms with Gasteiger partial charge in [0.25, 0.3) is 0 Å². The normalized spacial score (nSPS) is 16.6. The van der Waals surface area contributed by atoms with Crippen molar-refractivity contribution in [1.82, 2.24) is 4.98 Å². The van der Waals surface area contributed by atoms with E-state index in [2.05, 4.69) is 66.0 Å². The molecule has 5 heteroatoms. The fourth-order valence-electron chi connectivity index (χ4n) is 2.85. The van der Waals surface area contributed by atoms with E-state index < -0.39 is 0 Å². The summed E-state index contributed by atoms with van der Waals surface area (Å²) in [6, 6.07) is 8.36. The van der Waals surface area contributed by atoms with Crippen LogP contribution >= 0.6 is 31.9 Å². The standard InChI is InChI=1S/C16H18Br2N2O/c17-7-11-21-12-5-9-20(10-6-12)16-14-2-1-3-15(18)13(14)4-8-19-16/h1-4,8,12H,5-7,9-11H2. The number of ether oxygens (including phenoxy) is 1. The van der Waals surface area contributed by atoms with Gasteiger partial charge in [-0.15, -0.1) is 0 Å². The van der Waals surface area contributed by atoms with Gasteiger partial charge in [0.2, 0.25) is 0 Å². The maximum absolute atomic E-state index is 5.82. The fourth-order valence-corrected chi connectivity index (χ4v) is 3.54. The summed E-state index contributed by atoms with van der Waals surface area (Å²) in [5, 5.41) is 3.35. The summed E-state index contributed by atoms with van der Waals surface area (Å²) >= 11 is 7.03. The van der Waals surface area contributed by atoms with Crippen molar-refractivity contribution in [1.29, 1.82) is 0 Å². The highest BCUT2D eigenvalue weighted by molar-refractivity contribution is 9.10. The first-order valence-electron chi connectivity index (χ1n) is 7.25. The lowest BCUT2D eigenvalue weighted by atomic mass is 10.1. The van der Waals surface area contributed by atoms with Crippen LogP contribution in [0.15, 0.2) is 34.9 Å². The van der Waals surface area contributed by atoms with Crippen molar-refractivity contribution in [2.45, 2.75) is 18.9 Å². The van der Waals surface area contributed by atoms with Crippen molar-refractivity contribution in [3.63, 3.8) is 0 Å². The van der Waals surface area contributed by atoms with Crippen LogP contribution in [0.2, 0.25) is 0 Å². The summed E-state index contributed by atoms with van der Waals surface area (Å²) in [7, 11) is 0. The van der Waals surface area contributed by atoms with Gasteiger partial charge in [0, 0.05) is 39.9 Å². The number of benzene rings is 1. The minimum absolute atomic E-state index is 0.389. The highest BCUT2D eigenvalue weighted by atomic mass is 79.9. The lowest BCUT2D eigenvalue weighted by Gasteiger charge is -2.33. The van der Waals surface area contributed by atoms with Crippen LogP contribution in [0.3, 0.4) is 0 Å². The van der Waals surface area contributed by atoms with Crippen molar-refractivity contribution in [2.75, 3.05) is 29.9 Å². The van der Waals surface area contributed by atoms with Crippen molar-refractivity contribution >= 4 is 48.5 Å². The number of pyridine rings is 1. The molecule has 2 aromatic rings. The maximum atomic E-state index is 5.82. The number of halogens is 2. The van der Waals surface area contributed by atoms with E-state index in [4.69, 9.17) is 4.74 Å². The molecule has 1 fully saturated rings. The van der Waals surface area contributed by atoms with Gasteiger partial charge in [-0.3, -0.25) is 0 Å². The van der Waals surface area contributed by atoms with Gasteiger partial charge in [0.05, 0.1) is 12.7 Å². The number of alkyl halides is 1. The number of fused-ring (bicyclic) bond motifs is 1. The van der Waals surface area contributed by atoms with Gasteiger partial charge in [0.1, 0.15) is 5.82 Å². The smallest absolute Gasteiger partial charge is 0.136 e. The minimum Gasteiger partial charge on any atom is -0.377 e. The van der Waals surface area contributed by atoms with Crippen LogP contribution in [-0.4, -0.2) is 36.1 Å². The van der Waals surface area contributed by atoms with Crippen molar-refractivity contribution in [2.24, 2.45) is 0 Å². The molecule has 1 aromatic carbocycles. The first-order chi connectivity index (χ1) is 10.3. The van der Waals surface area contributed by atoms with Gasteiger partial charge in [-0.25, -0.2) is 4.98 Å². The van der Waals surface area contributed by atoms with E-state index in [1.807, 2.05) is 6.20 Å². The molecule has 0 radical (unpaired) electrons. The zero-order chi connectivity index (χ0) is 14.7. The molecular formula is C16H18Br2N2O. The van der Waals surface area contributed by atoms with Crippen LogP contribution in [0.1, 0.15) is 12.8 Å². The van der Waals surface area contributed by atoms with Crippen molar-refractivity contribution in [3.05, 3.63) is 34.9 Å². The summed E-state index contributed by atoms with van der Waals surface area (Å²) in [4.78, 5) is 6.99. The Morgan fingerprint density at radius 3 is 2.76 bits per heavy atom. The second-order valence-corrected chi connectivity index (χ2v) is 6.86. The molecular weight excluding hydrogens is 396 g/mol. The number of rotatable bonds is 4. The Hall–Kier alpha value is -0.650. The van der Waals surface area contributed by atoms with E-state index in [0.29, 0.717) is 6.10 Å². The average Bonchev–Trinajstić information content (AvgIpc) is 2.53. The third kappa shape index (κ3) is 3.41. The van der Waals surface area contributed by atoms with Gasteiger partial charge >= 0.3 is 0 Å². The second-order valence-electron chi connectivity index (χ2n) is 5.22. The van der Waals surface area contributed by atoms with Crippen LogP contribution in [0.4, 0.5) is 5.82 Å². The lowest BCUT2D eigenvalue weighted by Crippen LogP contribution is -2.37. The number of hydrogen-bond acceptors (Lipinski definition) is 3. The quantitative estimate of drug-likeness (QED) is 0.695. The van der Waals surface area contributed by atoms with Gasteiger partial charge in [-0.2, -0.15) is 0 Å². The van der Waals surface area contributed by atoms with Crippen LogP contribution in [0, 0.1) is 0 Å². The summed E-state index contributed by atoms with van der Waals surface area (Å²) in [5.41, 5.74) is 0. The average molecular weight is 414 g/mol.